The Balaban J connectivity index is 1.85. The molecule has 3 nitrogen and oxygen atoms in total. The van der Waals surface area contributed by atoms with Gasteiger partial charge in [0, 0.05) is 11.9 Å². The van der Waals surface area contributed by atoms with Gasteiger partial charge in [-0.2, -0.15) is 0 Å². The molecule has 2 N–H and O–H groups in total. The van der Waals surface area contributed by atoms with Crippen molar-refractivity contribution in [1.82, 2.24) is 9.88 Å². The minimum absolute atomic E-state index is 0.0665. The maximum absolute atomic E-state index is 5.87. The molecule has 4 heteroatoms. The van der Waals surface area contributed by atoms with Gasteiger partial charge < -0.3 is 5.73 Å². The Kier molecular flexibility index (Phi) is 5.79. The predicted molar refractivity (Wildman–Crippen MR) is 82.2 cm³/mol. The van der Waals surface area contributed by atoms with Crippen LogP contribution in [0.25, 0.3) is 0 Å². The van der Waals surface area contributed by atoms with E-state index in [0.29, 0.717) is 0 Å². The lowest BCUT2D eigenvalue weighted by Gasteiger charge is -2.18. The van der Waals surface area contributed by atoms with E-state index < -0.39 is 0 Å². The molecule has 1 saturated heterocycles. The van der Waals surface area contributed by atoms with Crippen LogP contribution in [-0.2, 0) is 6.54 Å². The van der Waals surface area contributed by atoms with Gasteiger partial charge in [0.25, 0.3) is 0 Å². The number of rotatable bonds is 5. The predicted octanol–water partition coefficient (Wildman–Crippen LogP) is 3.57. The number of aromatic nitrogens is 1. The molecule has 0 amide bonds. The Morgan fingerprint density at radius 3 is 3.00 bits per heavy atom. The van der Waals surface area contributed by atoms with Crippen molar-refractivity contribution >= 4 is 11.3 Å². The summed E-state index contributed by atoms with van der Waals surface area (Å²) < 4.78 is 0. The number of likely N-dealkylation sites (tertiary alicyclic amines) is 1. The van der Waals surface area contributed by atoms with Gasteiger partial charge in [-0.1, -0.05) is 19.8 Å². The smallest absolute Gasteiger partial charge is 0.109 e. The maximum atomic E-state index is 5.87. The lowest BCUT2D eigenvalue weighted by molar-refractivity contribution is 0.268. The zero-order chi connectivity index (χ0) is 13.7. The highest BCUT2D eigenvalue weighted by Gasteiger charge is 2.17. The van der Waals surface area contributed by atoms with Crippen molar-refractivity contribution in [3.8, 4) is 0 Å². The molecule has 1 aromatic rings. The van der Waals surface area contributed by atoms with Gasteiger partial charge in [-0.05, 0) is 45.2 Å². The normalized spacial score (nSPS) is 23.2. The standard InChI is InChI=1S/C15H27N3S/c1-3-5-13-6-4-8-18(9-7-13)10-14-11-19-15(17-14)12(2)16/h11-13H,3-10,16H2,1-2H3. The summed E-state index contributed by atoms with van der Waals surface area (Å²) in [4.78, 5) is 7.21. The van der Waals surface area contributed by atoms with E-state index in [0.717, 1.165) is 17.5 Å². The zero-order valence-corrected chi connectivity index (χ0v) is 13.1. The van der Waals surface area contributed by atoms with Gasteiger partial charge in [0.2, 0.25) is 0 Å². The molecule has 1 aliphatic heterocycles. The van der Waals surface area contributed by atoms with E-state index in [1.165, 1.54) is 50.9 Å². The molecular weight excluding hydrogens is 254 g/mol. The molecule has 1 fully saturated rings. The Labute approximate surface area is 121 Å². The van der Waals surface area contributed by atoms with Crippen molar-refractivity contribution in [3.63, 3.8) is 0 Å². The Morgan fingerprint density at radius 2 is 2.32 bits per heavy atom. The van der Waals surface area contributed by atoms with Gasteiger partial charge in [0.15, 0.2) is 0 Å². The van der Waals surface area contributed by atoms with Crippen LogP contribution in [0.2, 0.25) is 0 Å². The topological polar surface area (TPSA) is 42.1 Å². The monoisotopic (exact) mass is 281 g/mol. The van der Waals surface area contributed by atoms with Crippen LogP contribution in [-0.4, -0.2) is 23.0 Å². The van der Waals surface area contributed by atoms with E-state index >= 15 is 0 Å². The van der Waals surface area contributed by atoms with Crippen molar-refractivity contribution in [1.29, 1.82) is 0 Å². The van der Waals surface area contributed by atoms with Crippen LogP contribution in [0.3, 0.4) is 0 Å². The molecule has 0 spiro atoms. The highest BCUT2D eigenvalue weighted by Crippen LogP contribution is 2.23. The van der Waals surface area contributed by atoms with E-state index in [1.54, 1.807) is 11.3 Å². The van der Waals surface area contributed by atoms with Crippen molar-refractivity contribution in [2.45, 2.75) is 58.5 Å². The number of nitrogens with zero attached hydrogens (tertiary/aromatic N) is 2. The van der Waals surface area contributed by atoms with Gasteiger partial charge >= 0.3 is 0 Å². The van der Waals surface area contributed by atoms with Crippen molar-refractivity contribution < 1.29 is 0 Å². The number of thiazole rings is 1. The van der Waals surface area contributed by atoms with Crippen LogP contribution < -0.4 is 5.73 Å². The second kappa shape index (κ2) is 7.36. The summed E-state index contributed by atoms with van der Waals surface area (Å²) in [6.07, 6.45) is 6.84. The molecule has 2 rings (SSSR count). The van der Waals surface area contributed by atoms with Crippen LogP contribution in [0.5, 0.6) is 0 Å². The summed E-state index contributed by atoms with van der Waals surface area (Å²) in [6, 6.07) is 0.0665. The molecule has 1 aromatic heterocycles. The summed E-state index contributed by atoms with van der Waals surface area (Å²) in [5, 5.41) is 3.24. The van der Waals surface area contributed by atoms with Crippen LogP contribution in [0.4, 0.5) is 0 Å². The minimum atomic E-state index is 0.0665. The minimum Gasteiger partial charge on any atom is -0.322 e. The van der Waals surface area contributed by atoms with E-state index in [-0.39, 0.29) is 6.04 Å². The van der Waals surface area contributed by atoms with Gasteiger partial charge in [-0.15, -0.1) is 11.3 Å². The SMILES string of the molecule is CCCC1CCCN(Cc2csc(C(C)N)n2)CC1. The van der Waals surface area contributed by atoms with Crippen molar-refractivity contribution in [2.75, 3.05) is 13.1 Å². The molecule has 2 heterocycles. The lowest BCUT2D eigenvalue weighted by atomic mass is 9.96. The summed E-state index contributed by atoms with van der Waals surface area (Å²) in [7, 11) is 0. The number of hydrogen-bond acceptors (Lipinski definition) is 4. The second-order valence-electron chi connectivity index (χ2n) is 5.83. The number of nitrogens with two attached hydrogens (primary N) is 1. The molecule has 0 bridgehead atoms. The van der Waals surface area contributed by atoms with E-state index in [4.69, 9.17) is 5.73 Å². The molecule has 2 unspecified atom stereocenters. The largest absolute Gasteiger partial charge is 0.322 e. The highest BCUT2D eigenvalue weighted by molar-refractivity contribution is 7.09. The fourth-order valence-electron chi connectivity index (χ4n) is 2.91. The summed E-state index contributed by atoms with van der Waals surface area (Å²) in [5.41, 5.74) is 7.07. The zero-order valence-electron chi connectivity index (χ0n) is 12.3. The van der Waals surface area contributed by atoms with Crippen molar-refractivity contribution in [3.05, 3.63) is 16.1 Å². The summed E-state index contributed by atoms with van der Waals surface area (Å²) in [6.45, 7) is 7.76. The first-order chi connectivity index (χ1) is 9.19. The molecule has 19 heavy (non-hydrogen) atoms. The Morgan fingerprint density at radius 1 is 1.47 bits per heavy atom. The molecule has 1 aliphatic rings. The fraction of sp³-hybridized carbons (Fsp3) is 0.800. The van der Waals surface area contributed by atoms with Gasteiger partial charge in [0.05, 0.1) is 11.7 Å². The van der Waals surface area contributed by atoms with E-state index in [1.807, 2.05) is 6.92 Å². The first kappa shape index (κ1) is 14.9. The third kappa shape index (κ3) is 4.55. The fourth-order valence-corrected chi connectivity index (χ4v) is 3.68. The second-order valence-corrected chi connectivity index (χ2v) is 6.72. The van der Waals surface area contributed by atoms with E-state index in [2.05, 4.69) is 22.2 Å². The maximum Gasteiger partial charge on any atom is 0.109 e. The van der Waals surface area contributed by atoms with Crippen LogP contribution >= 0.6 is 11.3 Å². The highest BCUT2D eigenvalue weighted by atomic mass is 32.1. The molecule has 0 aromatic carbocycles. The average Bonchev–Trinajstić information content (AvgIpc) is 2.73. The van der Waals surface area contributed by atoms with E-state index in [9.17, 15) is 0 Å². The first-order valence-corrected chi connectivity index (χ1v) is 8.49. The third-order valence-electron chi connectivity index (χ3n) is 3.98. The lowest BCUT2D eigenvalue weighted by Crippen LogP contribution is -2.24. The third-order valence-corrected chi connectivity index (χ3v) is 5.08. The molecule has 0 aliphatic carbocycles. The quantitative estimate of drug-likeness (QED) is 0.897. The molecule has 2 atom stereocenters. The summed E-state index contributed by atoms with van der Waals surface area (Å²) >= 11 is 1.70. The van der Waals surface area contributed by atoms with Gasteiger partial charge in [-0.3, -0.25) is 4.90 Å². The van der Waals surface area contributed by atoms with Gasteiger partial charge in [-0.25, -0.2) is 4.98 Å². The first-order valence-electron chi connectivity index (χ1n) is 7.61. The Bertz CT molecular complexity index is 375. The average molecular weight is 281 g/mol. The summed E-state index contributed by atoms with van der Waals surface area (Å²) in [5.74, 6) is 0.949. The van der Waals surface area contributed by atoms with Crippen LogP contribution in [0.1, 0.15) is 62.7 Å². The van der Waals surface area contributed by atoms with Crippen molar-refractivity contribution in [2.24, 2.45) is 11.7 Å². The van der Waals surface area contributed by atoms with Gasteiger partial charge in [0.1, 0.15) is 5.01 Å². The Hall–Kier alpha value is -0.450. The molecule has 108 valence electrons. The molecule has 0 radical (unpaired) electrons. The molecule has 0 saturated carbocycles. The number of hydrogen-bond donors (Lipinski definition) is 1. The van der Waals surface area contributed by atoms with Crippen LogP contribution in [0.15, 0.2) is 5.38 Å². The molecular formula is C15H27N3S. The van der Waals surface area contributed by atoms with Crippen LogP contribution in [0, 0.1) is 5.92 Å².